The van der Waals surface area contributed by atoms with Gasteiger partial charge in [-0.25, -0.2) is 9.97 Å². The molecule has 176 valence electrons. The first-order valence-electron chi connectivity index (χ1n) is 11.7. The second-order valence-corrected chi connectivity index (χ2v) is 9.98. The highest BCUT2D eigenvalue weighted by Crippen LogP contribution is 2.42. The van der Waals surface area contributed by atoms with Crippen molar-refractivity contribution < 1.29 is 0 Å². The Morgan fingerprint density at radius 3 is 2.38 bits per heavy atom. The Bertz CT molecular complexity index is 1210. The summed E-state index contributed by atoms with van der Waals surface area (Å²) >= 11 is 0. The molecule has 0 unspecified atom stereocenters. The summed E-state index contributed by atoms with van der Waals surface area (Å²) in [7, 11) is 0. The predicted molar refractivity (Wildman–Crippen MR) is 138 cm³/mol. The number of nitrogens with two attached hydrogens (primary N) is 1. The number of aromatic nitrogens is 2. The number of likely N-dealkylation sites (tertiary alicyclic amines) is 1. The molecule has 1 aromatic heterocycles. The van der Waals surface area contributed by atoms with Crippen LogP contribution in [0, 0.1) is 13.8 Å². The van der Waals surface area contributed by atoms with Crippen LogP contribution in [0.1, 0.15) is 41.8 Å². The molecule has 0 aliphatic carbocycles. The van der Waals surface area contributed by atoms with Gasteiger partial charge in [-0.05, 0) is 68.7 Å². The van der Waals surface area contributed by atoms with E-state index >= 15 is 0 Å². The quantitative estimate of drug-likeness (QED) is 0.372. The van der Waals surface area contributed by atoms with Gasteiger partial charge in [0.15, 0.2) is 0 Å². The fourth-order valence-corrected chi connectivity index (χ4v) is 5.21. The topological polar surface area (TPSA) is 82.3 Å². The normalized spacial score (nSPS) is 17.3. The van der Waals surface area contributed by atoms with E-state index in [4.69, 9.17) is 10.8 Å². The number of rotatable bonds is 6. The molecule has 0 bridgehead atoms. The minimum atomic E-state index is -0.163. The number of anilines is 3. The maximum atomic E-state index is 5.48. The van der Waals surface area contributed by atoms with Crippen LogP contribution in [0.3, 0.4) is 0 Å². The summed E-state index contributed by atoms with van der Waals surface area (Å²) in [5, 5.41) is 3.40. The number of hydrazine groups is 1. The molecular weight excluding hydrogens is 422 g/mol. The van der Waals surface area contributed by atoms with Gasteiger partial charge in [0.2, 0.25) is 5.95 Å². The van der Waals surface area contributed by atoms with Crippen LogP contribution >= 0.6 is 0 Å². The first-order valence-corrected chi connectivity index (χ1v) is 11.7. The van der Waals surface area contributed by atoms with E-state index in [0.29, 0.717) is 12.0 Å². The van der Waals surface area contributed by atoms with E-state index in [1.807, 2.05) is 18.3 Å². The van der Waals surface area contributed by atoms with E-state index in [9.17, 15) is 0 Å². The highest BCUT2D eigenvalue weighted by atomic mass is 15.4. The van der Waals surface area contributed by atoms with Crippen molar-refractivity contribution in [3.8, 4) is 0 Å². The zero-order valence-corrected chi connectivity index (χ0v) is 20.4. The average molecular weight is 456 g/mol. The number of nitrogens with one attached hydrogen (secondary N) is 2. The Morgan fingerprint density at radius 1 is 1.06 bits per heavy atom. The molecule has 34 heavy (non-hydrogen) atoms. The van der Waals surface area contributed by atoms with E-state index in [0.717, 1.165) is 48.0 Å². The third kappa shape index (κ3) is 4.02. The van der Waals surface area contributed by atoms with Gasteiger partial charge in [-0.1, -0.05) is 24.8 Å². The molecule has 3 heterocycles. The monoisotopic (exact) mass is 455 g/mol. The fourth-order valence-electron chi connectivity index (χ4n) is 5.21. The highest BCUT2D eigenvalue weighted by Gasteiger charge is 2.46. The summed E-state index contributed by atoms with van der Waals surface area (Å²) in [6, 6.07) is 14.9. The number of nitrogens with zero attached hydrogens (tertiary/aromatic N) is 4. The summed E-state index contributed by atoms with van der Waals surface area (Å²) in [5.74, 6) is 6.13. The average Bonchev–Trinajstić information content (AvgIpc) is 3.02. The maximum Gasteiger partial charge on any atom is 0.227 e. The Morgan fingerprint density at radius 2 is 1.74 bits per heavy atom. The maximum absolute atomic E-state index is 5.48. The van der Waals surface area contributed by atoms with Crippen molar-refractivity contribution in [3.63, 3.8) is 0 Å². The van der Waals surface area contributed by atoms with Crippen LogP contribution in [-0.4, -0.2) is 38.9 Å². The van der Waals surface area contributed by atoms with Crippen LogP contribution in [0.25, 0.3) is 5.70 Å². The molecule has 4 N–H and O–H groups in total. The van der Waals surface area contributed by atoms with Crippen molar-refractivity contribution in [3.05, 3.63) is 83.2 Å². The van der Waals surface area contributed by atoms with Crippen LogP contribution in [0.5, 0.6) is 0 Å². The molecule has 2 aliphatic heterocycles. The number of aryl methyl sites for hydroxylation is 2. The minimum absolute atomic E-state index is 0.163. The molecule has 0 atom stereocenters. The van der Waals surface area contributed by atoms with Gasteiger partial charge < -0.3 is 15.6 Å². The van der Waals surface area contributed by atoms with E-state index in [2.05, 4.69) is 90.1 Å². The van der Waals surface area contributed by atoms with Gasteiger partial charge in [0.05, 0.1) is 11.2 Å². The van der Waals surface area contributed by atoms with Crippen LogP contribution in [0.15, 0.2) is 55.2 Å². The molecule has 5 rings (SSSR count). The van der Waals surface area contributed by atoms with Gasteiger partial charge in [-0.15, -0.1) is 0 Å². The predicted octanol–water partition coefficient (Wildman–Crippen LogP) is 4.53. The first-order chi connectivity index (χ1) is 16.2. The summed E-state index contributed by atoms with van der Waals surface area (Å²) < 4.78 is 0. The highest BCUT2D eigenvalue weighted by molar-refractivity contribution is 5.65. The Labute approximate surface area is 201 Å². The molecule has 0 saturated carbocycles. The third-order valence-corrected chi connectivity index (χ3v) is 7.05. The molecule has 1 fully saturated rings. The number of nitrogen functional groups attached to an aromatic ring is 1. The molecule has 0 radical (unpaired) electrons. The van der Waals surface area contributed by atoms with Crippen LogP contribution in [0.2, 0.25) is 0 Å². The largest absolute Gasteiger partial charge is 0.368 e. The van der Waals surface area contributed by atoms with Gasteiger partial charge in [0.1, 0.15) is 0 Å². The molecule has 1 saturated heterocycles. The molecule has 7 heteroatoms. The fraction of sp³-hybridized carbons (Fsp3) is 0.333. The van der Waals surface area contributed by atoms with E-state index in [1.165, 1.54) is 16.7 Å². The lowest BCUT2D eigenvalue weighted by Gasteiger charge is -2.50. The molecule has 0 amide bonds. The van der Waals surface area contributed by atoms with Gasteiger partial charge in [-0.2, -0.15) is 0 Å². The van der Waals surface area contributed by atoms with Crippen molar-refractivity contribution in [2.75, 3.05) is 23.8 Å². The van der Waals surface area contributed by atoms with Crippen LogP contribution in [-0.2, 0) is 12.1 Å². The zero-order chi connectivity index (χ0) is 24.0. The minimum Gasteiger partial charge on any atom is -0.368 e. The van der Waals surface area contributed by atoms with Crippen molar-refractivity contribution in [1.82, 2.24) is 19.8 Å². The molecule has 7 nitrogen and oxygen atoms in total. The summed E-state index contributed by atoms with van der Waals surface area (Å²) in [5.41, 5.74) is 11.3. The van der Waals surface area contributed by atoms with Gasteiger partial charge in [0, 0.05) is 54.5 Å². The molecular formula is C27H33N7. The second kappa shape index (κ2) is 8.42. The third-order valence-electron chi connectivity index (χ3n) is 7.05. The molecule has 3 aromatic rings. The van der Waals surface area contributed by atoms with Crippen molar-refractivity contribution >= 4 is 23.0 Å². The summed E-state index contributed by atoms with van der Waals surface area (Å²) in [6.07, 6.45) is 1.98. The number of hydrogen-bond acceptors (Lipinski definition) is 7. The van der Waals surface area contributed by atoms with Crippen LogP contribution < -0.4 is 16.6 Å². The van der Waals surface area contributed by atoms with Gasteiger partial charge in [0.25, 0.3) is 0 Å². The number of benzene rings is 2. The van der Waals surface area contributed by atoms with E-state index in [1.54, 1.807) is 0 Å². The Hall–Kier alpha value is -3.42. The molecule has 2 aromatic carbocycles. The van der Waals surface area contributed by atoms with Crippen molar-refractivity contribution in [2.24, 2.45) is 5.84 Å². The SMILES string of the molecule is C=C(c1ccc(NN)cc1)N1CC(N2Cc3cnc(Nc4cc(C)cc(C)c4)nc3C2(C)C)C1. The van der Waals surface area contributed by atoms with E-state index in [-0.39, 0.29) is 5.54 Å². The standard InChI is InChI=1S/C27H33N7/c1-17-10-18(2)12-23(11-17)30-26-29-13-21-14-34(27(4,5)25(21)31-26)24-15-33(16-24)19(3)20-6-8-22(32-28)9-7-20/h6-13,24,32H,3,14-16,28H2,1-2,4-5H3,(H,29,30,31). The lowest BCUT2D eigenvalue weighted by Crippen LogP contribution is -2.60. The number of hydrogen-bond donors (Lipinski definition) is 3. The van der Waals surface area contributed by atoms with E-state index < -0.39 is 0 Å². The first kappa shape index (κ1) is 22.4. The summed E-state index contributed by atoms with van der Waals surface area (Å²) in [4.78, 5) is 14.5. The second-order valence-electron chi connectivity index (χ2n) is 9.98. The van der Waals surface area contributed by atoms with Crippen LogP contribution in [0.4, 0.5) is 17.3 Å². The Balaban J connectivity index is 1.27. The van der Waals surface area contributed by atoms with Gasteiger partial charge >= 0.3 is 0 Å². The lowest BCUT2D eigenvalue weighted by atomic mass is 9.95. The Kier molecular flexibility index (Phi) is 5.54. The van der Waals surface area contributed by atoms with Crippen molar-refractivity contribution in [1.29, 1.82) is 0 Å². The van der Waals surface area contributed by atoms with Gasteiger partial charge in [-0.3, -0.25) is 10.7 Å². The molecule has 2 aliphatic rings. The zero-order valence-electron chi connectivity index (χ0n) is 20.4. The smallest absolute Gasteiger partial charge is 0.227 e. The lowest BCUT2D eigenvalue weighted by molar-refractivity contribution is 0.00505. The number of fused-ring (bicyclic) bond motifs is 1. The molecule has 0 spiro atoms. The summed E-state index contributed by atoms with van der Waals surface area (Å²) in [6.45, 7) is 15.8. The van der Waals surface area contributed by atoms with Crippen molar-refractivity contribution in [2.45, 2.75) is 45.8 Å².